The molecule has 1 aliphatic heterocycles. The molecule has 0 radical (unpaired) electrons. The Kier molecular flexibility index (Phi) is 3.42. The second-order valence-corrected chi connectivity index (χ2v) is 5.29. The Balaban J connectivity index is 1.81. The Bertz CT molecular complexity index is 483. The second-order valence-electron chi connectivity index (χ2n) is 5.29. The predicted molar refractivity (Wildman–Crippen MR) is 73.4 cm³/mol. The van der Waals surface area contributed by atoms with E-state index in [0.29, 0.717) is 19.1 Å². The minimum atomic E-state index is 0.116. The van der Waals surface area contributed by atoms with Gasteiger partial charge in [0, 0.05) is 31.1 Å². The summed E-state index contributed by atoms with van der Waals surface area (Å²) >= 11 is 0. The van der Waals surface area contributed by atoms with Crippen LogP contribution in [0.1, 0.15) is 35.2 Å². The molecular weight excluding hydrogens is 240 g/mol. The first-order valence-electron chi connectivity index (χ1n) is 7.06. The maximum absolute atomic E-state index is 12.6. The normalized spacial score (nSPS) is 17.5. The number of fused-ring (bicyclic) bond motifs is 1. The fraction of sp³-hybridized carbons (Fsp3) is 0.533. The van der Waals surface area contributed by atoms with Crippen molar-refractivity contribution >= 4 is 5.91 Å². The maximum atomic E-state index is 12.6. The van der Waals surface area contributed by atoms with Crippen LogP contribution in [0.4, 0.5) is 0 Å². The largest absolute Gasteiger partial charge is 0.493 e. The van der Waals surface area contributed by atoms with E-state index >= 15 is 0 Å². The molecule has 19 heavy (non-hydrogen) atoms. The van der Waals surface area contributed by atoms with Crippen molar-refractivity contribution in [2.45, 2.75) is 31.7 Å². The summed E-state index contributed by atoms with van der Waals surface area (Å²) in [6, 6.07) is 6.15. The number of carbonyl (C=O) groups excluding carboxylic acids is 1. The van der Waals surface area contributed by atoms with Crippen LogP contribution in [0.3, 0.4) is 0 Å². The summed E-state index contributed by atoms with van der Waals surface area (Å²) in [5, 5.41) is 0. The van der Waals surface area contributed by atoms with E-state index in [0.717, 1.165) is 42.7 Å². The molecule has 3 rings (SSSR count). The van der Waals surface area contributed by atoms with Gasteiger partial charge in [-0.3, -0.25) is 4.79 Å². The number of hydrogen-bond donors (Lipinski definition) is 1. The number of rotatable bonds is 4. The second kappa shape index (κ2) is 5.21. The molecule has 102 valence electrons. The van der Waals surface area contributed by atoms with Gasteiger partial charge in [0.2, 0.25) is 0 Å². The van der Waals surface area contributed by atoms with Crippen LogP contribution >= 0.6 is 0 Å². The molecule has 1 saturated carbocycles. The smallest absolute Gasteiger partial charge is 0.254 e. The van der Waals surface area contributed by atoms with E-state index in [9.17, 15) is 4.79 Å². The first kappa shape index (κ1) is 12.5. The van der Waals surface area contributed by atoms with Crippen LogP contribution in [-0.2, 0) is 6.42 Å². The minimum Gasteiger partial charge on any atom is -0.493 e. The lowest BCUT2D eigenvalue weighted by atomic mass is 9.91. The molecule has 1 aromatic carbocycles. The molecule has 1 aliphatic carbocycles. The zero-order valence-electron chi connectivity index (χ0n) is 11.1. The number of carbonyl (C=O) groups is 1. The molecule has 4 nitrogen and oxygen atoms in total. The van der Waals surface area contributed by atoms with Crippen molar-refractivity contribution in [2.24, 2.45) is 5.73 Å². The third-order valence-corrected chi connectivity index (χ3v) is 4.08. The number of amides is 1. The minimum absolute atomic E-state index is 0.116. The van der Waals surface area contributed by atoms with Gasteiger partial charge in [-0.05, 0) is 43.0 Å². The molecule has 1 aromatic rings. The first-order chi connectivity index (χ1) is 9.29. The molecule has 2 N–H and O–H groups in total. The predicted octanol–water partition coefficient (Wildman–Crippen LogP) is 1.57. The van der Waals surface area contributed by atoms with E-state index in [1.165, 1.54) is 6.42 Å². The summed E-state index contributed by atoms with van der Waals surface area (Å²) in [4.78, 5) is 14.5. The number of ether oxygens (including phenoxy) is 1. The van der Waals surface area contributed by atoms with Crippen molar-refractivity contribution in [3.8, 4) is 5.75 Å². The Labute approximate surface area is 113 Å². The van der Waals surface area contributed by atoms with E-state index in [4.69, 9.17) is 10.5 Å². The lowest BCUT2D eigenvalue weighted by Gasteiger charge is -2.37. The van der Waals surface area contributed by atoms with E-state index in [2.05, 4.69) is 0 Å². The standard InChI is InChI=1S/C15H20N2O2/c16-7-8-17(13-2-1-3-13)15(18)12-4-5-14-11(10-12)6-9-19-14/h4-5,10,13H,1-3,6-9,16H2. The fourth-order valence-electron chi connectivity index (χ4n) is 2.77. The number of nitrogens with zero attached hydrogens (tertiary/aromatic N) is 1. The van der Waals surface area contributed by atoms with Crippen LogP contribution in [0.2, 0.25) is 0 Å². The first-order valence-corrected chi connectivity index (χ1v) is 7.06. The van der Waals surface area contributed by atoms with Crippen molar-refractivity contribution in [1.29, 1.82) is 0 Å². The van der Waals surface area contributed by atoms with Crippen LogP contribution in [0.25, 0.3) is 0 Å². The molecule has 1 amide bonds. The van der Waals surface area contributed by atoms with E-state index in [1.54, 1.807) is 0 Å². The average Bonchev–Trinajstić information content (AvgIpc) is 2.82. The Morgan fingerprint density at radius 3 is 2.95 bits per heavy atom. The number of hydrogen-bond acceptors (Lipinski definition) is 3. The molecule has 1 fully saturated rings. The molecule has 0 saturated heterocycles. The molecule has 0 aromatic heterocycles. The van der Waals surface area contributed by atoms with E-state index < -0.39 is 0 Å². The van der Waals surface area contributed by atoms with Crippen LogP contribution in [0.15, 0.2) is 18.2 Å². The van der Waals surface area contributed by atoms with Crippen molar-refractivity contribution in [3.63, 3.8) is 0 Å². The summed E-state index contributed by atoms with van der Waals surface area (Å²) in [7, 11) is 0. The van der Waals surface area contributed by atoms with Gasteiger partial charge in [0.1, 0.15) is 5.75 Å². The SMILES string of the molecule is NCCN(C(=O)c1ccc2c(c1)CCO2)C1CCC1. The van der Waals surface area contributed by atoms with Gasteiger partial charge in [0.25, 0.3) is 5.91 Å². The van der Waals surface area contributed by atoms with Gasteiger partial charge in [0.05, 0.1) is 6.61 Å². The van der Waals surface area contributed by atoms with Gasteiger partial charge in [-0.25, -0.2) is 0 Å². The maximum Gasteiger partial charge on any atom is 0.254 e. The average molecular weight is 260 g/mol. The summed E-state index contributed by atoms with van der Waals surface area (Å²) < 4.78 is 5.48. The van der Waals surface area contributed by atoms with Gasteiger partial charge in [-0.2, -0.15) is 0 Å². The highest BCUT2D eigenvalue weighted by molar-refractivity contribution is 5.95. The van der Waals surface area contributed by atoms with Gasteiger partial charge < -0.3 is 15.4 Å². The Morgan fingerprint density at radius 2 is 2.26 bits per heavy atom. The Hall–Kier alpha value is -1.55. The summed E-state index contributed by atoms with van der Waals surface area (Å²) in [6.45, 7) is 1.90. The van der Waals surface area contributed by atoms with Crippen LogP contribution in [0, 0.1) is 0 Å². The Morgan fingerprint density at radius 1 is 1.42 bits per heavy atom. The third kappa shape index (κ3) is 2.32. The topological polar surface area (TPSA) is 55.6 Å². The van der Waals surface area contributed by atoms with Gasteiger partial charge in [-0.1, -0.05) is 0 Å². The van der Waals surface area contributed by atoms with Crippen molar-refractivity contribution < 1.29 is 9.53 Å². The fourth-order valence-corrected chi connectivity index (χ4v) is 2.77. The molecule has 2 aliphatic rings. The molecule has 0 spiro atoms. The third-order valence-electron chi connectivity index (χ3n) is 4.08. The van der Waals surface area contributed by atoms with Crippen molar-refractivity contribution in [1.82, 2.24) is 4.90 Å². The molecule has 0 unspecified atom stereocenters. The van der Waals surface area contributed by atoms with Crippen molar-refractivity contribution in [2.75, 3.05) is 19.7 Å². The zero-order chi connectivity index (χ0) is 13.2. The molecule has 1 heterocycles. The summed E-state index contributed by atoms with van der Waals surface area (Å²) in [5.41, 5.74) is 7.55. The summed E-state index contributed by atoms with van der Waals surface area (Å²) in [6.07, 6.45) is 4.34. The van der Waals surface area contributed by atoms with Gasteiger partial charge in [-0.15, -0.1) is 0 Å². The highest BCUT2D eigenvalue weighted by Crippen LogP contribution is 2.29. The number of nitrogens with two attached hydrogens (primary N) is 1. The van der Waals surface area contributed by atoms with Gasteiger partial charge >= 0.3 is 0 Å². The molecule has 0 bridgehead atoms. The van der Waals surface area contributed by atoms with Crippen LogP contribution in [-0.4, -0.2) is 36.5 Å². The van der Waals surface area contributed by atoms with Crippen LogP contribution in [0.5, 0.6) is 5.75 Å². The highest BCUT2D eigenvalue weighted by Gasteiger charge is 2.29. The van der Waals surface area contributed by atoms with Crippen molar-refractivity contribution in [3.05, 3.63) is 29.3 Å². The monoisotopic (exact) mass is 260 g/mol. The zero-order valence-corrected chi connectivity index (χ0v) is 11.1. The summed E-state index contributed by atoms with van der Waals surface area (Å²) in [5.74, 6) is 1.04. The lowest BCUT2D eigenvalue weighted by Crippen LogP contribution is -2.46. The van der Waals surface area contributed by atoms with E-state index in [-0.39, 0.29) is 5.91 Å². The van der Waals surface area contributed by atoms with Crippen LogP contribution < -0.4 is 10.5 Å². The lowest BCUT2D eigenvalue weighted by molar-refractivity contribution is 0.0588. The molecular formula is C15H20N2O2. The van der Waals surface area contributed by atoms with Gasteiger partial charge in [0.15, 0.2) is 0 Å². The molecule has 0 atom stereocenters. The quantitative estimate of drug-likeness (QED) is 0.894. The highest BCUT2D eigenvalue weighted by atomic mass is 16.5. The number of benzene rings is 1. The van der Waals surface area contributed by atoms with E-state index in [1.807, 2.05) is 23.1 Å². The molecule has 4 heteroatoms.